The third kappa shape index (κ3) is 2.22. The van der Waals surface area contributed by atoms with Gasteiger partial charge in [0.05, 0.1) is 0 Å². The van der Waals surface area contributed by atoms with Gasteiger partial charge in [-0.25, -0.2) is 4.79 Å². The molecule has 4 heteroatoms. The second-order valence-corrected chi connectivity index (χ2v) is 3.47. The fourth-order valence-electron chi connectivity index (χ4n) is 1.05. The molecular formula is C10H14N2O2. The lowest BCUT2D eigenvalue weighted by Crippen LogP contribution is -2.35. The number of nitrogens with zero attached hydrogens (tertiary/aromatic N) is 1. The first-order valence-electron chi connectivity index (χ1n) is 4.45. The van der Waals surface area contributed by atoms with Gasteiger partial charge >= 0.3 is 5.69 Å². The summed E-state index contributed by atoms with van der Waals surface area (Å²) >= 11 is 0. The second-order valence-electron chi connectivity index (χ2n) is 3.47. The van der Waals surface area contributed by atoms with E-state index >= 15 is 0 Å². The van der Waals surface area contributed by atoms with Gasteiger partial charge in [-0.15, -0.1) is 0 Å². The van der Waals surface area contributed by atoms with Gasteiger partial charge in [-0.05, 0) is 20.8 Å². The molecule has 14 heavy (non-hydrogen) atoms. The minimum Gasteiger partial charge on any atom is -0.314 e. The predicted molar refractivity (Wildman–Crippen MR) is 55.5 cm³/mol. The lowest BCUT2D eigenvalue weighted by molar-refractivity contribution is 0.702. The van der Waals surface area contributed by atoms with Crippen LogP contribution in [-0.2, 0) is 6.54 Å². The van der Waals surface area contributed by atoms with Gasteiger partial charge in [-0.1, -0.05) is 11.6 Å². The van der Waals surface area contributed by atoms with E-state index in [4.69, 9.17) is 0 Å². The monoisotopic (exact) mass is 194 g/mol. The van der Waals surface area contributed by atoms with Gasteiger partial charge in [-0.3, -0.25) is 9.36 Å². The van der Waals surface area contributed by atoms with Crippen LogP contribution in [0.4, 0.5) is 0 Å². The Kier molecular flexibility index (Phi) is 3.06. The summed E-state index contributed by atoms with van der Waals surface area (Å²) in [5, 5.41) is 0. The summed E-state index contributed by atoms with van der Waals surface area (Å²) in [6.07, 6.45) is 3.28. The summed E-state index contributed by atoms with van der Waals surface area (Å²) in [5.74, 6) is 0. The maximum absolute atomic E-state index is 11.5. The van der Waals surface area contributed by atoms with Crippen molar-refractivity contribution in [2.45, 2.75) is 27.3 Å². The molecule has 0 saturated heterocycles. The Morgan fingerprint density at radius 3 is 2.71 bits per heavy atom. The van der Waals surface area contributed by atoms with Crippen LogP contribution in [0.5, 0.6) is 0 Å². The van der Waals surface area contributed by atoms with Crippen LogP contribution in [0.15, 0.2) is 27.4 Å². The van der Waals surface area contributed by atoms with Gasteiger partial charge in [-0.2, -0.15) is 0 Å². The van der Waals surface area contributed by atoms with Crippen LogP contribution < -0.4 is 11.2 Å². The molecule has 0 atom stereocenters. The van der Waals surface area contributed by atoms with Crippen molar-refractivity contribution in [2.24, 2.45) is 0 Å². The van der Waals surface area contributed by atoms with Gasteiger partial charge in [0, 0.05) is 18.3 Å². The minimum absolute atomic E-state index is 0.230. The molecule has 1 aromatic rings. The molecular weight excluding hydrogens is 180 g/mol. The van der Waals surface area contributed by atoms with Crippen molar-refractivity contribution in [3.63, 3.8) is 0 Å². The molecule has 1 N–H and O–H groups in total. The highest BCUT2D eigenvalue weighted by molar-refractivity contribution is 5.02. The summed E-state index contributed by atoms with van der Waals surface area (Å²) in [6.45, 7) is 5.86. The summed E-state index contributed by atoms with van der Waals surface area (Å²) in [5.41, 5.74) is 1.04. The number of nitrogens with one attached hydrogen (secondary N) is 1. The number of aromatic nitrogens is 2. The minimum atomic E-state index is -0.363. The number of aryl methyl sites for hydroxylation is 1. The van der Waals surface area contributed by atoms with E-state index in [1.54, 1.807) is 6.92 Å². The van der Waals surface area contributed by atoms with Crippen LogP contribution >= 0.6 is 0 Å². The van der Waals surface area contributed by atoms with Gasteiger partial charge in [0.25, 0.3) is 5.56 Å². The Labute approximate surface area is 81.9 Å². The maximum atomic E-state index is 11.5. The highest BCUT2D eigenvalue weighted by Crippen LogP contribution is 1.89. The van der Waals surface area contributed by atoms with Gasteiger partial charge < -0.3 is 4.98 Å². The summed E-state index contributed by atoms with van der Waals surface area (Å²) in [4.78, 5) is 25.3. The largest absolute Gasteiger partial charge is 0.328 e. The SMILES string of the molecule is CC(C)=CCn1c(=O)[nH]cc(C)c1=O. The molecule has 0 saturated carbocycles. The molecule has 0 aromatic carbocycles. The summed E-state index contributed by atoms with van der Waals surface area (Å²) in [7, 11) is 0. The first kappa shape index (κ1) is 10.5. The normalized spacial score (nSPS) is 9.93. The van der Waals surface area contributed by atoms with E-state index in [9.17, 15) is 9.59 Å². The maximum Gasteiger partial charge on any atom is 0.328 e. The predicted octanol–water partition coefficient (Wildman–Crippen LogP) is 0.811. The van der Waals surface area contributed by atoms with Crippen molar-refractivity contribution in [2.75, 3.05) is 0 Å². The number of allylic oxidation sites excluding steroid dienone is 2. The van der Waals surface area contributed by atoms with E-state index in [1.165, 1.54) is 10.8 Å². The van der Waals surface area contributed by atoms with E-state index in [2.05, 4.69) is 4.98 Å². The van der Waals surface area contributed by atoms with E-state index < -0.39 is 0 Å². The third-order valence-corrected chi connectivity index (χ3v) is 1.92. The second kappa shape index (κ2) is 4.09. The van der Waals surface area contributed by atoms with Crippen LogP contribution in [0.25, 0.3) is 0 Å². The van der Waals surface area contributed by atoms with Gasteiger partial charge in [0.2, 0.25) is 0 Å². The van der Waals surface area contributed by atoms with Crippen molar-refractivity contribution < 1.29 is 0 Å². The van der Waals surface area contributed by atoms with Crippen LogP contribution in [-0.4, -0.2) is 9.55 Å². The molecule has 0 aliphatic carbocycles. The summed E-state index contributed by atoms with van der Waals surface area (Å²) in [6, 6.07) is 0. The van der Waals surface area contributed by atoms with E-state index in [0.717, 1.165) is 5.57 Å². The fourth-order valence-corrected chi connectivity index (χ4v) is 1.05. The van der Waals surface area contributed by atoms with Crippen LogP contribution in [0.3, 0.4) is 0 Å². The lowest BCUT2D eigenvalue weighted by atomic mass is 10.3. The molecule has 4 nitrogen and oxygen atoms in total. The number of rotatable bonds is 2. The van der Waals surface area contributed by atoms with Crippen LogP contribution in [0.2, 0.25) is 0 Å². The molecule has 0 aliphatic rings. The quantitative estimate of drug-likeness (QED) is 0.708. The van der Waals surface area contributed by atoms with E-state index in [1.807, 2.05) is 19.9 Å². The smallest absolute Gasteiger partial charge is 0.314 e. The molecule has 1 heterocycles. The molecule has 0 aliphatic heterocycles. The zero-order chi connectivity index (χ0) is 10.7. The summed E-state index contributed by atoms with van der Waals surface area (Å²) < 4.78 is 1.18. The molecule has 0 fully saturated rings. The molecule has 1 aromatic heterocycles. The Morgan fingerprint density at radius 1 is 1.50 bits per heavy atom. The first-order chi connectivity index (χ1) is 6.52. The average Bonchev–Trinajstić information content (AvgIpc) is 2.11. The number of H-pyrrole nitrogens is 1. The Morgan fingerprint density at radius 2 is 2.14 bits per heavy atom. The molecule has 0 spiro atoms. The molecule has 76 valence electrons. The Balaban J connectivity index is 3.21. The Hall–Kier alpha value is -1.58. The zero-order valence-corrected chi connectivity index (χ0v) is 8.63. The molecule has 1 rings (SSSR count). The highest BCUT2D eigenvalue weighted by Gasteiger charge is 2.01. The van der Waals surface area contributed by atoms with E-state index in [0.29, 0.717) is 12.1 Å². The van der Waals surface area contributed by atoms with Crippen LogP contribution in [0.1, 0.15) is 19.4 Å². The average molecular weight is 194 g/mol. The topological polar surface area (TPSA) is 54.9 Å². The van der Waals surface area contributed by atoms with Crippen molar-refractivity contribution in [3.8, 4) is 0 Å². The zero-order valence-electron chi connectivity index (χ0n) is 8.63. The first-order valence-corrected chi connectivity index (χ1v) is 4.45. The van der Waals surface area contributed by atoms with Crippen molar-refractivity contribution in [3.05, 3.63) is 44.2 Å². The number of hydrogen-bond donors (Lipinski definition) is 1. The van der Waals surface area contributed by atoms with Crippen LogP contribution in [0, 0.1) is 6.92 Å². The standard InChI is InChI=1S/C10H14N2O2/c1-7(2)4-5-12-9(13)8(3)6-11-10(12)14/h4,6H,5H2,1-3H3,(H,11,14). The fraction of sp³-hybridized carbons (Fsp3) is 0.400. The molecule has 0 unspecified atom stereocenters. The number of aromatic amines is 1. The van der Waals surface area contributed by atoms with Crippen molar-refractivity contribution >= 4 is 0 Å². The Bertz CT molecular complexity index is 462. The molecule has 0 amide bonds. The van der Waals surface area contributed by atoms with Gasteiger partial charge in [0.1, 0.15) is 0 Å². The third-order valence-electron chi connectivity index (χ3n) is 1.92. The highest BCUT2D eigenvalue weighted by atomic mass is 16.2. The van der Waals surface area contributed by atoms with Crippen molar-refractivity contribution in [1.82, 2.24) is 9.55 Å². The van der Waals surface area contributed by atoms with Crippen molar-refractivity contribution in [1.29, 1.82) is 0 Å². The van der Waals surface area contributed by atoms with Gasteiger partial charge in [0.15, 0.2) is 0 Å². The van der Waals surface area contributed by atoms with E-state index in [-0.39, 0.29) is 11.2 Å². The number of hydrogen-bond acceptors (Lipinski definition) is 2. The molecule has 0 bridgehead atoms. The lowest BCUT2D eigenvalue weighted by Gasteiger charge is -2.01. The molecule has 0 radical (unpaired) electrons.